The molecular formula is C20H20N4O4. The number of ether oxygens (including phenoxy) is 2. The highest BCUT2D eigenvalue weighted by molar-refractivity contribution is 5.75. The molecule has 28 heavy (non-hydrogen) atoms. The van der Waals surface area contributed by atoms with Crippen LogP contribution in [0.25, 0.3) is 11.3 Å². The summed E-state index contributed by atoms with van der Waals surface area (Å²) in [5, 5.41) is 7.04. The van der Waals surface area contributed by atoms with Gasteiger partial charge in [0, 0.05) is 17.8 Å². The first-order valence-corrected chi connectivity index (χ1v) is 8.58. The summed E-state index contributed by atoms with van der Waals surface area (Å²) >= 11 is 0. The highest BCUT2D eigenvalue weighted by Crippen LogP contribution is 2.31. The molecule has 0 aliphatic heterocycles. The zero-order chi connectivity index (χ0) is 19.9. The number of hydrogen-bond donors (Lipinski definition) is 1. The van der Waals surface area contributed by atoms with E-state index in [0.29, 0.717) is 22.8 Å². The molecule has 0 fully saturated rings. The first-order valence-electron chi connectivity index (χ1n) is 8.58. The minimum absolute atomic E-state index is 0.203. The maximum atomic E-state index is 12.2. The van der Waals surface area contributed by atoms with Crippen LogP contribution in [0.2, 0.25) is 0 Å². The summed E-state index contributed by atoms with van der Waals surface area (Å²) in [4.78, 5) is 28.5. The Balaban J connectivity index is 1.80. The van der Waals surface area contributed by atoms with Crippen molar-refractivity contribution >= 4 is 5.91 Å². The first kappa shape index (κ1) is 19.1. The standard InChI is InChI=1S/C20H20N4O4/c1-27-15-6-8-18(28-2)16(11-15)17-7-9-20(26)24(23-17)13-19(25)22-12-14-5-3-4-10-21-14/h3-11H,12-13H2,1-2H3,(H,22,25). The third-order valence-electron chi connectivity index (χ3n) is 4.04. The molecule has 3 aromatic rings. The first-order chi connectivity index (χ1) is 13.6. The topological polar surface area (TPSA) is 95.3 Å². The molecule has 0 unspecified atom stereocenters. The zero-order valence-corrected chi connectivity index (χ0v) is 15.6. The Hall–Kier alpha value is -3.68. The van der Waals surface area contributed by atoms with Crippen molar-refractivity contribution in [1.82, 2.24) is 20.1 Å². The van der Waals surface area contributed by atoms with E-state index >= 15 is 0 Å². The maximum Gasteiger partial charge on any atom is 0.267 e. The van der Waals surface area contributed by atoms with Crippen LogP contribution in [0.15, 0.2) is 59.5 Å². The smallest absolute Gasteiger partial charge is 0.267 e. The molecule has 0 saturated heterocycles. The normalized spacial score (nSPS) is 10.4. The Bertz CT molecular complexity index is 1020. The molecule has 8 nitrogen and oxygen atoms in total. The van der Waals surface area contributed by atoms with E-state index in [4.69, 9.17) is 9.47 Å². The quantitative estimate of drug-likeness (QED) is 0.670. The average Bonchev–Trinajstić information content (AvgIpc) is 2.74. The average molecular weight is 380 g/mol. The van der Waals surface area contributed by atoms with Gasteiger partial charge >= 0.3 is 0 Å². The van der Waals surface area contributed by atoms with Crippen LogP contribution in [0.1, 0.15) is 5.69 Å². The molecule has 2 heterocycles. The third-order valence-corrected chi connectivity index (χ3v) is 4.04. The summed E-state index contributed by atoms with van der Waals surface area (Å²) in [7, 11) is 3.11. The molecule has 0 radical (unpaired) electrons. The summed E-state index contributed by atoms with van der Waals surface area (Å²) in [6.45, 7) is 0.0730. The summed E-state index contributed by atoms with van der Waals surface area (Å²) in [5.41, 5.74) is 1.50. The van der Waals surface area contributed by atoms with E-state index < -0.39 is 0 Å². The SMILES string of the molecule is COc1ccc(OC)c(-c2ccc(=O)n(CC(=O)NCc3ccccn3)n2)c1. The van der Waals surface area contributed by atoms with Crippen LogP contribution in [0, 0.1) is 0 Å². The van der Waals surface area contributed by atoms with Crippen LogP contribution in [-0.2, 0) is 17.9 Å². The van der Waals surface area contributed by atoms with Crippen molar-refractivity contribution in [2.75, 3.05) is 14.2 Å². The van der Waals surface area contributed by atoms with E-state index in [0.717, 1.165) is 10.4 Å². The molecule has 2 aromatic heterocycles. The van der Waals surface area contributed by atoms with Gasteiger partial charge in [0.15, 0.2) is 0 Å². The van der Waals surface area contributed by atoms with E-state index in [1.807, 2.05) is 6.07 Å². The van der Waals surface area contributed by atoms with E-state index in [1.165, 1.54) is 6.07 Å². The molecule has 0 atom stereocenters. The van der Waals surface area contributed by atoms with Crippen LogP contribution in [0.3, 0.4) is 0 Å². The molecular weight excluding hydrogens is 360 g/mol. The second-order valence-corrected chi connectivity index (χ2v) is 5.88. The number of nitrogens with one attached hydrogen (secondary N) is 1. The van der Waals surface area contributed by atoms with Gasteiger partial charge < -0.3 is 14.8 Å². The van der Waals surface area contributed by atoms with Crippen LogP contribution in [0.4, 0.5) is 0 Å². The number of pyridine rings is 1. The van der Waals surface area contributed by atoms with Gasteiger partial charge in [-0.05, 0) is 36.4 Å². The van der Waals surface area contributed by atoms with Gasteiger partial charge in [-0.25, -0.2) is 4.68 Å². The van der Waals surface area contributed by atoms with Crippen molar-refractivity contribution in [2.45, 2.75) is 13.1 Å². The van der Waals surface area contributed by atoms with Gasteiger partial charge in [0.1, 0.15) is 18.0 Å². The van der Waals surface area contributed by atoms with Gasteiger partial charge in [-0.3, -0.25) is 14.6 Å². The van der Waals surface area contributed by atoms with Crippen LogP contribution >= 0.6 is 0 Å². The Morgan fingerprint density at radius 1 is 1.11 bits per heavy atom. The van der Waals surface area contributed by atoms with E-state index in [9.17, 15) is 9.59 Å². The summed E-state index contributed by atoms with van der Waals surface area (Å²) < 4.78 is 11.7. The number of hydrogen-bond acceptors (Lipinski definition) is 6. The second kappa shape index (κ2) is 8.81. The predicted octanol–water partition coefficient (Wildman–Crippen LogP) is 1.64. The van der Waals surface area contributed by atoms with Crippen LogP contribution in [0.5, 0.6) is 11.5 Å². The van der Waals surface area contributed by atoms with Crippen LogP contribution < -0.4 is 20.3 Å². The van der Waals surface area contributed by atoms with E-state index in [1.54, 1.807) is 56.8 Å². The van der Waals surface area contributed by atoms with Gasteiger partial charge in [0.2, 0.25) is 5.91 Å². The molecule has 0 bridgehead atoms. The van der Waals surface area contributed by atoms with Gasteiger partial charge in [-0.2, -0.15) is 5.10 Å². The van der Waals surface area contributed by atoms with E-state index in [-0.39, 0.29) is 24.6 Å². The highest BCUT2D eigenvalue weighted by Gasteiger charge is 2.12. The molecule has 1 N–H and O–H groups in total. The molecule has 0 aliphatic rings. The molecule has 8 heteroatoms. The lowest BCUT2D eigenvalue weighted by molar-refractivity contribution is -0.122. The van der Waals surface area contributed by atoms with Crippen molar-refractivity contribution in [3.05, 3.63) is 70.8 Å². The number of methoxy groups -OCH3 is 2. The Labute approximate surface area is 161 Å². The number of carbonyl (C=O) groups is 1. The number of carbonyl (C=O) groups excluding carboxylic acids is 1. The second-order valence-electron chi connectivity index (χ2n) is 5.88. The van der Waals surface area contributed by atoms with Crippen molar-refractivity contribution < 1.29 is 14.3 Å². The fourth-order valence-electron chi connectivity index (χ4n) is 2.60. The highest BCUT2D eigenvalue weighted by atomic mass is 16.5. The molecule has 144 valence electrons. The van der Waals surface area contributed by atoms with Crippen molar-refractivity contribution in [1.29, 1.82) is 0 Å². The molecule has 1 aromatic carbocycles. The van der Waals surface area contributed by atoms with Gasteiger partial charge in [0.25, 0.3) is 5.56 Å². The zero-order valence-electron chi connectivity index (χ0n) is 15.6. The van der Waals surface area contributed by atoms with Crippen molar-refractivity contribution in [3.63, 3.8) is 0 Å². The summed E-state index contributed by atoms with van der Waals surface area (Å²) in [6.07, 6.45) is 1.65. The minimum atomic E-state index is -0.376. The maximum absolute atomic E-state index is 12.2. The monoisotopic (exact) mass is 380 g/mol. The third kappa shape index (κ3) is 4.53. The molecule has 0 spiro atoms. The minimum Gasteiger partial charge on any atom is -0.497 e. The fourth-order valence-corrected chi connectivity index (χ4v) is 2.60. The molecule has 0 saturated carbocycles. The van der Waals surface area contributed by atoms with Gasteiger partial charge in [0.05, 0.1) is 32.2 Å². The molecule has 0 aliphatic carbocycles. The van der Waals surface area contributed by atoms with Crippen molar-refractivity contribution in [2.24, 2.45) is 0 Å². The van der Waals surface area contributed by atoms with Gasteiger partial charge in [-0.1, -0.05) is 6.07 Å². The summed E-state index contributed by atoms with van der Waals surface area (Å²) in [6, 6.07) is 13.7. The number of rotatable bonds is 7. The van der Waals surface area contributed by atoms with Crippen molar-refractivity contribution in [3.8, 4) is 22.8 Å². The summed E-state index contributed by atoms with van der Waals surface area (Å²) in [5.74, 6) is 0.872. The van der Waals surface area contributed by atoms with Crippen LogP contribution in [-0.4, -0.2) is 34.9 Å². The molecule has 3 rings (SSSR count). The van der Waals surface area contributed by atoms with Gasteiger partial charge in [-0.15, -0.1) is 0 Å². The fraction of sp³-hybridized carbons (Fsp3) is 0.200. The largest absolute Gasteiger partial charge is 0.497 e. The predicted molar refractivity (Wildman–Crippen MR) is 103 cm³/mol. The Kier molecular flexibility index (Phi) is 6.01. The lowest BCUT2D eigenvalue weighted by Crippen LogP contribution is -2.33. The molecule has 1 amide bonds. The number of amides is 1. The number of benzene rings is 1. The Morgan fingerprint density at radius 2 is 1.96 bits per heavy atom. The number of aromatic nitrogens is 3. The lowest BCUT2D eigenvalue weighted by Gasteiger charge is -2.12. The Morgan fingerprint density at radius 3 is 2.68 bits per heavy atom. The number of nitrogens with zero attached hydrogens (tertiary/aromatic N) is 3. The van der Waals surface area contributed by atoms with E-state index in [2.05, 4.69) is 15.4 Å². The lowest BCUT2D eigenvalue weighted by atomic mass is 10.1.